The molecule has 1 aliphatic carbocycles. The minimum atomic E-state index is -0.645. The van der Waals surface area contributed by atoms with Crippen LogP contribution in [0.15, 0.2) is 39.9 Å². The van der Waals surface area contributed by atoms with Gasteiger partial charge in [0.25, 0.3) is 16.8 Å². The van der Waals surface area contributed by atoms with Crippen LogP contribution in [0.4, 0.5) is 17.1 Å². The van der Waals surface area contributed by atoms with Crippen molar-refractivity contribution in [2.24, 2.45) is 0 Å². The van der Waals surface area contributed by atoms with Gasteiger partial charge in [-0.1, -0.05) is 18.2 Å². The lowest BCUT2D eigenvalue weighted by Gasteiger charge is -2.19. The van der Waals surface area contributed by atoms with Crippen molar-refractivity contribution in [1.29, 1.82) is 0 Å². The summed E-state index contributed by atoms with van der Waals surface area (Å²) in [7, 11) is 3.16. The molecule has 2 aromatic rings. The summed E-state index contributed by atoms with van der Waals surface area (Å²) in [6, 6.07) is 4.64. The third kappa shape index (κ3) is 3.00. The van der Waals surface area contributed by atoms with Crippen LogP contribution in [0.1, 0.15) is 23.2 Å². The first-order valence-corrected chi connectivity index (χ1v) is 7.97. The lowest BCUT2D eigenvalue weighted by molar-refractivity contribution is 0.0825. The van der Waals surface area contributed by atoms with Crippen LogP contribution in [0, 0.1) is 0 Å². The van der Waals surface area contributed by atoms with Gasteiger partial charge in [-0.2, -0.15) is 0 Å². The molecule has 1 unspecified atom stereocenters. The monoisotopic (exact) mass is 341 g/mol. The number of hydrogen-bond acceptors (Lipinski definition) is 6. The van der Waals surface area contributed by atoms with Gasteiger partial charge in [-0.15, -0.1) is 0 Å². The van der Waals surface area contributed by atoms with Gasteiger partial charge in [0, 0.05) is 20.1 Å². The maximum atomic E-state index is 12.1. The van der Waals surface area contributed by atoms with Gasteiger partial charge in [0.1, 0.15) is 11.4 Å². The van der Waals surface area contributed by atoms with Gasteiger partial charge in [0.05, 0.1) is 11.3 Å². The topological polar surface area (TPSA) is 98.7 Å². The second-order valence-corrected chi connectivity index (χ2v) is 6.19. The van der Waals surface area contributed by atoms with E-state index in [0.29, 0.717) is 0 Å². The molecule has 25 heavy (non-hydrogen) atoms. The Kier molecular flexibility index (Phi) is 4.31. The molecule has 3 rings (SSSR count). The standard InChI is InChI=1S/C18H19N3O4/c1-21(2)18(25)11-8-5-9-12(15(11)22)20-14-13(16(23)17(14)24)19-10-6-3-4-7-10/h3,5-6,8-10,19-20,22H,4,7H2,1-2H3. The number of amides is 1. The molecule has 130 valence electrons. The smallest absolute Gasteiger partial charge is 0.257 e. The van der Waals surface area contributed by atoms with E-state index in [1.165, 1.54) is 17.0 Å². The molecule has 2 aromatic carbocycles. The highest BCUT2D eigenvalue weighted by Gasteiger charge is 2.25. The summed E-state index contributed by atoms with van der Waals surface area (Å²) >= 11 is 0. The van der Waals surface area contributed by atoms with Crippen molar-refractivity contribution in [2.75, 3.05) is 24.7 Å². The lowest BCUT2D eigenvalue weighted by Crippen LogP contribution is -2.38. The minimum absolute atomic E-state index is 0.0131. The van der Waals surface area contributed by atoms with Crippen molar-refractivity contribution in [3.63, 3.8) is 0 Å². The first-order valence-electron chi connectivity index (χ1n) is 7.97. The number of phenolic OH excluding ortho intramolecular Hbond substituents is 1. The first kappa shape index (κ1) is 16.8. The number of nitrogens with one attached hydrogen (secondary N) is 2. The average Bonchev–Trinajstić information content (AvgIpc) is 3.11. The average molecular weight is 341 g/mol. The molecule has 0 saturated heterocycles. The predicted octanol–water partition coefficient (Wildman–Crippen LogP) is 1.56. The molecule has 0 aliphatic heterocycles. The fourth-order valence-corrected chi connectivity index (χ4v) is 2.78. The Morgan fingerprint density at radius 2 is 1.92 bits per heavy atom. The molecule has 0 radical (unpaired) electrons. The summed E-state index contributed by atoms with van der Waals surface area (Å²) in [5.74, 6) is -0.624. The zero-order valence-corrected chi connectivity index (χ0v) is 14.0. The molecular weight excluding hydrogens is 322 g/mol. The van der Waals surface area contributed by atoms with Crippen molar-refractivity contribution in [2.45, 2.75) is 18.9 Å². The van der Waals surface area contributed by atoms with E-state index in [4.69, 9.17) is 0 Å². The van der Waals surface area contributed by atoms with Crippen molar-refractivity contribution >= 4 is 23.0 Å². The fraction of sp³-hybridized carbons (Fsp3) is 0.278. The molecule has 1 atom stereocenters. The quantitative estimate of drug-likeness (QED) is 0.434. The van der Waals surface area contributed by atoms with E-state index in [-0.39, 0.29) is 40.3 Å². The molecule has 7 nitrogen and oxygen atoms in total. The summed E-state index contributed by atoms with van der Waals surface area (Å²) in [5.41, 5.74) is -0.594. The van der Waals surface area contributed by atoms with Gasteiger partial charge in [-0.05, 0) is 25.0 Å². The van der Waals surface area contributed by atoms with E-state index in [9.17, 15) is 19.5 Å². The number of aromatic hydroxyl groups is 1. The molecule has 0 spiro atoms. The number of carbonyl (C=O) groups excluding carboxylic acids is 1. The zero-order valence-electron chi connectivity index (χ0n) is 14.0. The van der Waals surface area contributed by atoms with E-state index in [1.807, 2.05) is 12.2 Å². The van der Waals surface area contributed by atoms with E-state index >= 15 is 0 Å². The molecular formula is C18H19N3O4. The lowest BCUT2D eigenvalue weighted by atomic mass is 10.1. The van der Waals surface area contributed by atoms with Crippen LogP contribution < -0.4 is 21.5 Å². The Morgan fingerprint density at radius 3 is 2.56 bits per heavy atom. The summed E-state index contributed by atoms with van der Waals surface area (Å²) in [5, 5.41) is 16.2. The normalized spacial score (nSPS) is 16.2. The Labute approximate surface area is 144 Å². The highest BCUT2D eigenvalue weighted by molar-refractivity contribution is 5.99. The number of nitrogens with zero attached hydrogens (tertiary/aromatic N) is 1. The first-order chi connectivity index (χ1) is 11.9. The van der Waals surface area contributed by atoms with Crippen LogP contribution in [-0.4, -0.2) is 36.1 Å². The molecule has 7 heteroatoms. The summed E-state index contributed by atoms with van der Waals surface area (Å²) < 4.78 is 0. The van der Waals surface area contributed by atoms with Crippen LogP contribution >= 0.6 is 0 Å². The Hall–Kier alpha value is -3.09. The van der Waals surface area contributed by atoms with Gasteiger partial charge in [0.15, 0.2) is 5.75 Å². The van der Waals surface area contributed by atoms with E-state index < -0.39 is 10.9 Å². The summed E-state index contributed by atoms with van der Waals surface area (Å²) in [6.45, 7) is 0. The largest absolute Gasteiger partial charge is 0.505 e. The molecule has 1 aliphatic rings. The van der Waals surface area contributed by atoms with Crippen molar-refractivity contribution in [3.05, 3.63) is 56.4 Å². The Balaban J connectivity index is 1.89. The van der Waals surface area contributed by atoms with E-state index in [1.54, 1.807) is 20.2 Å². The van der Waals surface area contributed by atoms with Crippen LogP contribution in [-0.2, 0) is 0 Å². The highest BCUT2D eigenvalue weighted by Crippen LogP contribution is 2.32. The van der Waals surface area contributed by atoms with Gasteiger partial charge in [-0.25, -0.2) is 0 Å². The number of anilines is 3. The van der Waals surface area contributed by atoms with Crippen molar-refractivity contribution < 1.29 is 9.90 Å². The second kappa shape index (κ2) is 6.43. The summed E-state index contributed by atoms with van der Waals surface area (Å²) in [4.78, 5) is 37.2. The zero-order chi connectivity index (χ0) is 18.1. The maximum absolute atomic E-state index is 12.1. The van der Waals surface area contributed by atoms with Gasteiger partial charge < -0.3 is 20.6 Å². The molecule has 1 amide bonds. The number of carbonyl (C=O) groups is 1. The molecule has 0 heterocycles. The molecule has 0 fully saturated rings. The maximum Gasteiger partial charge on any atom is 0.257 e. The summed E-state index contributed by atoms with van der Waals surface area (Å²) in [6.07, 6.45) is 5.74. The molecule has 0 bridgehead atoms. The fourth-order valence-electron chi connectivity index (χ4n) is 2.78. The predicted molar refractivity (Wildman–Crippen MR) is 96.5 cm³/mol. The van der Waals surface area contributed by atoms with E-state index in [2.05, 4.69) is 10.6 Å². The number of rotatable bonds is 5. The molecule has 0 aromatic heterocycles. The number of benzene rings is 1. The molecule has 3 N–H and O–H groups in total. The number of hydrogen-bond donors (Lipinski definition) is 3. The SMILES string of the molecule is CN(C)C(=O)c1cccc(Nc2c(NC3C=CCC3)c(=O)c2=O)c1O. The van der Waals surface area contributed by atoms with Crippen LogP contribution in [0.3, 0.4) is 0 Å². The van der Waals surface area contributed by atoms with Gasteiger partial charge in [-0.3, -0.25) is 14.4 Å². The Morgan fingerprint density at radius 1 is 1.20 bits per heavy atom. The van der Waals surface area contributed by atoms with Crippen LogP contribution in [0.5, 0.6) is 5.75 Å². The Bertz CT molecular complexity index is 923. The number of phenols is 1. The van der Waals surface area contributed by atoms with Crippen molar-refractivity contribution in [1.82, 2.24) is 4.90 Å². The third-order valence-corrected chi connectivity index (χ3v) is 4.19. The van der Waals surface area contributed by atoms with Gasteiger partial charge >= 0.3 is 0 Å². The van der Waals surface area contributed by atoms with Gasteiger partial charge in [0.2, 0.25) is 0 Å². The number of allylic oxidation sites excluding steroid dienone is 1. The van der Waals surface area contributed by atoms with Crippen LogP contribution in [0.25, 0.3) is 0 Å². The van der Waals surface area contributed by atoms with Crippen LogP contribution in [0.2, 0.25) is 0 Å². The highest BCUT2D eigenvalue weighted by atomic mass is 16.3. The van der Waals surface area contributed by atoms with E-state index in [0.717, 1.165) is 12.8 Å². The molecule has 0 saturated carbocycles. The third-order valence-electron chi connectivity index (χ3n) is 4.19. The second-order valence-electron chi connectivity index (χ2n) is 6.19. The number of para-hydroxylation sites is 1. The minimum Gasteiger partial charge on any atom is -0.505 e. The van der Waals surface area contributed by atoms with Crippen molar-refractivity contribution in [3.8, 4) is 5.75 Å².